The van der Waals surface area contributed by atoms with E-state index >= 15 is 0 Å². The van der Waals surface area contributed by atoms with Crippen LogP contribution in [-0.2, 0) is 16.1 Å². The molecule has 1 aromatic rings. The topological polar surface area (TPSA) is 41.6 Å². The van der Waals surface area contributed by atoms with Crippen LogP contribution in [-0.4, -0.2) is 37.6 Å². The second-order valence-corrected chi connectivity index (χ2v) is 5.22. The SMILES string of the molecule is COC[C@H]1CCN(Cc2ccc(NC(C)=O)cc2)C1. The summed E-state index contributed by atoms with van der Waals surface area (Å²) in [5, 5.41) is 2.78. The summed E-state index contributed by atoms with van der Waals surface area (Å²) in [5.41, 5.74) is 2.14. The van der Waals surface area contributed by atoms with Crippen molar-refractivity contribution in [2.45, 2.75) is 19.9 Å². The maximum atomic E-state index is 10.9. The number of hydrogen-bond acceptors (Lipinski definition) is 3. The highest BCUT2D eigenvalue weighted by Gasteiger charge is 2.21. The summed E-state index contributed by atoms with van der Waals surface area (Å²) in [4.78, 5) is 13.4. The van der Waals surface area contributed by atoms with Crippen LogP contribution >= 0.6 is 0 Å². The fourth-order valence-corrected chi connectivity index (χ4v) is 2.58. The quantitative estimate of drug-likeness (QED) is 0.883. The Hall–Kier alpha value is -1.39. The Labute approximate surface area is 114 Å². The molecule has 4 nitrogen and oxygen atoms in total. The molecule has 1 N–H and O–H groups in total. The predicted molar refractivity (Wildman–Crippen MR) is 76.0 cm³/mol. The summed E-state index contributed by atoms with van der Waals surface area (Å²) in [5.74, 6) is 0.637. The first-order chi connectivity index (χ1) is 9.17. The summed E-state index contributed by atoms with van der Waals surface area (Å²) >= 11 is 0. The van der Waals surface area contributed by atoms with E-state index in [1.807, 2.05) is 12.1 Å². The molecule has 4 heteroatoms. The molecule has 1 heterocycles. The first kappa shape index (κ1) is 14.0. The van der Waals surface area contributed by atoms with Crippen LogP contribution in [0.1, 0.15) is 18.9 Å². The molecule has 0 aliphatic carbocycles. The monoisotopic (exact) mass is 262 g/mol. The summed E-state index contributed by atoms with van der Waals surface area (Å²) in [7, 11) is 1.77. The minimum absolute atomic E-state index is 0.0327. The Morgan fingerprint density at radius 1 is 1.42 bits per heavy atom. The van der Waals surface area contributed by atoms with Gasteiger partial charge in [-0.2, -0.15) is 0 Å². The van der Waals surface area contributed by atoms with Crippen molar-refractivity contribution < 1.29 is 9.53 Å². The molecule has 0 aromatic heterocycles. The number of carbonyl (C=O) groups excluding carboxylic acids is 1. The average molecular weight is 262 g/mol. The lowest BCUT2D eigenvalue weighted by Gasteiger charge is -2.16. The predicted octanol–water partition coefficient (Wildman–Crippen LogP) is 2.11. The fraction of sp³-hybridized carbons (Fsp3) is 0.533. The molecule has 1 aliphatic heterocycles. The van der Waals surface area contributed by atoms with E-state index in [1.54, 1.807) is 7.11 Å². The summed E-state index contributed by atoms with van der Waals surface area (Å²) in [6, 6.07) is 8.07. The smallest absolute Gasteiger partial charge is 0.221 e. The first-order valence-electron chi connectivity index (χ1n) is 6.75. The standard InChI is InChI=1S/C15H22N2O2/c1-12(18)16-15-5-3-13(4-6-15)9-17-8-7-14(10-17)11-19-2/h3-6,14H,7-11H2,1-2H3,(H,16,18)/t14-/m0/s1. The number of ether oxygens (including phenoxy) is 1. The van der Waals surface area contributed by atoms with Gasteiger partial charge in [-0.05, 0) is 36.6 Å². The van der Waals surface area contributed by atoms with Gasteiger partial charge >= 0.3 is 0 Å². The van der Waals surface area contributed by atoms with E-state index in [-0.39, 0.29) is 5.91 Å². The molecule has 1 saturated heterocycles. The molecule has 104 valence electrons. The van der Waals surface area contributed by atoms with Crippen molar-refractivity contribution in [3.8, 4) is 0 Å². The Morgan fingerprint density at radius 2 is 2.16 bits per heavy atom. The van der Waals surface area contributed by atoms with Crippen LogP contribution in [0.5, 0.6) is 0 Å². The summed E-state index contributed by atoms with van der Waals surface area (Å²) in [6.07, 6.45) is 1.22. The van der Waals surface area contributed by atoms with Gasteiger partial charge < -0.3 is 10.1 Å². The molecule has 0 spiro atoms. The Bertz CT molecular complexity index is 417. The fourth-order valence-electron chi connectivity index (χ4n) is 2.58. The zero-order valence-corrected chi connectivity index (χ0v) is 11.7. The van der Waals surface area contributed by atoms with Crippen LogP contribution < -0.4 is 5.32 Å². The van der Waals surface area contributed by atoms with Gasteiger partial charge in [-0.25, -0.2) is 0 Å². The van der Waals surface area contributed by atoms with Gasteiger partial charge in [-0.1, -0.05) is 12.1 Å². The maximum absolute atomic E-state index is 10.9. The number of methoxy groups -OCH3 is 1. The van der Waals surface area contributed by atoms with Gasteiger partial charge in [0.05, 0.1) is 6.61 Å². The van der Waals surface area contributed by atoms with Crippen molar-refractivity contribution in [2.75, 3.05) is 32.1 Å². The second kappa shape index (κ2) is 6.68. The molecule has 2 rings (SSSR count). The molecular formula is C15H22N2O2. The van der Waals surface area contributed by atoms with Crippen LogP contribution in [0, 0.1) is 5.92 Å². The third kappa shape index (κ3) is 4.33. The molecule has 0 bridgehead atoms. The van der Waals surface area contributed by atoms with Gasteiger partial charge in [0.1, 0.15) is 0 Å². The number of likely N-dealkylation sites (tertiary alicyclic amines) is 1. The van der Waals surface area contributed by atoms with E-state index in [9.17, 15) is 4.79 Å². The normalized spacial score (nSPS) is 19.6. The molecule has 1 atom stereocenters. The van der Waals surface area contributed by atoms with Crippen LogP contribution in [0.25, 0.3) is 0 Å². The zero-order chi connectivity index (χ0) is 13.7. The molecule has 0 radical (unpaired) electrons. The van der Waals surface area contributed by atoms with E-state index in [0.29, 0.717) is 5.92 Å². The minimum atomic E-state index is -0.0327. The number of benzene rings is 1. The summed E-state index contributed by atoms with van der Waals surface area (Å²) in [6.45, 7) is 5.61. The van der Waals surface area contributed by atoms with Gasteiger partial charge in [-0.3, -0.25) is 9.69 Å². The average Bonchev–Trinajstić information content (AvgIpc) is 2.79. The van der Waals surface area contributed by atoms with Gasteiger partial charge in [0.2, 0.25) is 5.91 Å². The highest BCUT2D eigenvalue weighted by atomic mass is 16.5. The lowest BCUT2D eigenvalue weighted by molar-refractivity contribution is -0.114. The van der Waals surface area contributed by atoms with Gasteiger partial charge in [-0.15, -0.1) is 0 Å². The van der Waals surface area contributed by atoms with Crippen LogP contribution in [0.2, 0.25) is 0 Å². The Balaban J connectivity index is 1.85. The molecule has 0 saturated carbocycles. The van der Waals surface area contributed by atoms with E-state index in [2.05, 4.69) is 22.3 Å². The van der Waals surface area contributed by atoms with Crippen molar-refractivity contribution in [3.63, 3.8) is 0 Å². The number of carbonyl (C=O) groups is 1. The second-order valence-electron chi connectivity index (χ2n) is 5.22. The lowest BCUT2D eigenvalue weighted by atomic mass is 10.1. The zero-order valence-electron chi connectivity index (χ0n) is 11.7. The highest BCUT2D eigenvalue weighted by molar-refractivity contribution is 5.88. The van der Waals surface area contributed by atoms with Gasteiger partial charge in [0, 0.05) is 32.8 Å². The van der Waals surface area contributed by atoms with Crippen molar-refractivity contribution in [1.82, 2.24) is 4.90 Å². The highest BCUT2D eigenvalue weighted by Crippen LogP contribution is 2.19. The van der Waals surface area contributed by atoms with Crippen LogP contribution in [0.15, 0.2) is 24.3 Å². The van der Waals surface area contributed by atoms with Crippen molar-refractivity contribution in [2.24, 2.45) is 5.92 Å². The van der Waals surface area contributed by atoms with E-state index in [1.165, 1.54) is 18.9 Å². The number of nitrogens with zero attached hydrogens (tertiary/aromatic N) is 1. The molecule has 1 aromatic carbocycles. The number of nitrogens with one attached hydrogen (secondary N) is 1. The summed E-state index contributed by atoms with van der Waals surface area (Å²) < 4.78 is 5.21. The van der Waals surface area contributed by atoms with Gasteiger partial charge in [0.25, 0.3) is 0 Å². The number of amides is 1. The third-order valence-corrected chi connectivity index (χ3v) is 3.45. The molecule has 0 unspecified atom stereocenters. The Morgan fingerprint density at radius 3 is 2.79 bits per heavy atom. The number of anilines is 1. The van der Waals surface area contributed by atoms with Crippen molar-refractivity contribution in [1.29, 1.82) is 0 Å². The minimum Gasteiger partial charge on any atom is -0.384 e. The van der Waals surface area contributed by atoms with E-state index < -0.39 is 0 Å². The molecular weight excluding hydrogens is 240 g/mol. The van der Waals surface area contributed by atoms with Crippen LogP contribution in [0.3, 0.4) is 0 Å². The van der Waals surface area contributed by atoms with Crippen molar-refractivity contribution in [3.05, 3.63) is 29.8 Å². The largest absolute Gasteiger partial charge is 0.384 e. The van der Waals surface area contributed by atoms with Crippen LogP contribution in [0.4, 0.5) is 5.69 Å². The van der Waals surface area contributed by atoms with E-state index in [4.69, 9.17) is 4.74 Å². The third-order valence-electron chi connectivity index (χ3n) is 3.45. The lowest BCUT2D eigenvalue weighted by Crippen LogP contribution is -2.21. The van der Waals surface area contributed by atoms with Crippen molar-refractivity contribution >= 4 is 11.6 Å². The number of hydrogen-bond donors (Lipinski definition) is 1. The first-order valence-corrected chi connectivity index (χ1v) is 6.75. The maximum Gasteiger partial charge on any atom is 0.221 e. The molecule has 1 fully saturated rings. The molecule has 1 amide bonds. The van der Waals surface area contributed by atoms with Gasteiger partial charge in [0.15, 0.2) is 0 Å². The molecule has 1 aliphatic rings. The molecule has 19 heavy (non-hydrogen) atoms. The Kier molecular flexibility index (Phi) is 4.93. The van der Waals surface area contributed by atoms with E-state index in [0.717, 1.165) is 31.9 Å². The number of rotatable bonds is 5.